The summed E-state index contributed by atoms with van der Waals surface area (Å²) in [5.74, 6) is -7.16. The highest BCUT2D eigenvalue weighted by molar-refractivity contribution is 5.70. The maximum Gasteiger partial charge on any atom is 0.417 e. The van der Waals surface area contributed by atoms with Gasteiger partial charge in [-0.3, -0.25) is 0 Å². The summed E-state index contributed by atoms with van der Waals surface area (Å²) in [5.41, 5.74) is -4.65. The molecule has 2 rings (SSSR count). The Bertz CT molecular complexity index is 672. The number of hydrogen-bond acceptors (Lipinski definition) is 0. The highest BCUT2D eigenvalue weighted by atomic mass is 19.4. The fourth-order valence-electron chi connectivity index (χ4n) is 1.93. The van der Waals surface area contributed by atoms with E-state index in [9.17, 15) is 30.7 Å². The van der Waals surface area contributed by atoms with Crippen LogP contribution in [0.1, 0.15) is 11.1 Å². The van der Waals surface area contributed by atoms with E-state index in [2.05, 4.69) is 0 Å². The zero-order chi connectivity index (χ0) is 15.9. The van der Waals surface area contributed by atoms with Crippen molar-refractivity contribution < 1.29 is 30.7 Å². The molecule has 0 bridgehead atoms. The van der Waals surface area contributed by atoms with Crippen LogP contribution in [0, 0.1) is 30.2 Å². The number of alkyl halides is 3. The second-order valence-corrected chi connectivity index (χ2v) is 4.30. The SMILES string of the molecule is Cc1c(F)c(F)c(-c2ccccc2C(F)(F)F)c(F)c1F. The Morgan fingerprint density at radius 2 is 1.24 bits per heavy atom. The summed E-state index contributed by atoms with van der Waals surface area (Å²) in [7, 11) is 0. The van der Waals surface area contributed by atoms with E-state index < -0.39 is 51.7 Å². The van der Waals surface area contributed by atoms with Crippen LogP contribution in [-0.2, 0) is 6.18 Å². The maximum atomic E-state index is 13.8. The van der Waals surface area contributed by atoms with Crippen molar-refractivity contribution in [2.24, 2.45) is 0 Å². The van der Waals surface area contributed by atoms with E-state index in [1.54, 1.807) is 0 Å². The zero-order valence-electron chi connectivity index (χ0n) is 10.5. The van der Waals surface area contributed by atoms with Crippen LogP contribution < -0.4 is 0 Å². The molecular weight excluding hydrogens is 301 g/mol. The van der Waals surface area contributed by atoms with Gasteiger partial charge in [0.2, 0.25) is 0 Å². The van der Waals surface area contributed by atoms with E-state index in [-0.39, 0.29) is 0 Å². The third kappa shape index (κ3) is 2.48. The first-order chi connectivity index (χ1) is 9.66. The molecule has 0 spiro atoms. The average Bonchev–Trinajstić information content (AvgIpc) is 2.43. The molecule has 7 heteroatoms. The predicted molar refractivity (Wildman–Crippen MR) is 61.4 cm³/mol. The summed E-state index contributed by atoms with van der Waals surface area (Å²) in [6.07, 6.45) is -4.92. The molecule has 2 aromatic rings. The van der Waals surface area contributed by atoms with E-state index in [4.69, 9.17) is 0 Å². The predicted octanol–water partition coefficient (Wildman–Crippen LogP) is 5.24. The molecule has 0 aromatic heterocycles. The Morgan fingerprint density at radius 1 is 0.762 bits per heavy atom. The standard InChI is InChI=1S/C14H7F7/c1-6-10(15)12(17)9(13(18)11(6)16)7-4-2-3-5-8(7)14(19,20)21/h2-5H,1H3. The lowest BCUT2D eigenvalue weighted by Gasteiger charge is -2.15. The van der Waals surface area contributed by atoms with E-state index in [1.165, 1.54) is 0 Å². The highest BCUT2D eigenvalue weighted by Crippen LogP contribution is 2.40. The van der Waals surface area contributed by atoms with E-state index in [0.717, 1.165) is 25.1 Å². The van der Waals surface area contributed by atoms with Gasteiger partial charge in [-0.15, -0.1) is 0 Å². The first-order valence-corrected chi connectivity index (χ1v) is 5.65. The molecule has 0 atom stereocenters. The first-order valence-electron chi connectivity index (χ1n) is 5.65. The lowest BCUT2D eigenvalue weighted by molar-refractivity contribution is -0.137. The van der Waals surface area contributed by atoms with E-state index >= 15 is 0 Å². The van der Waals surface area contributed by atoms with Crippen LogP contribution in [0.5, 0.6) is 0 Å². The molecule has 0 radical (unpaired) electrons. The Hall–Kier alpha value is -2.05. The molecule has 0 saturated carbocycles. The summed E-state index contributed by atoms with van der Waals surface area (Å²) in [5, 5.41) is 0. The number of halogens is 7. The van der Waals surface area contributed by atoms with Crippen molar-refractivity contribution in [3.8, 4) is 11.1 Å². The summed E-state index contributed by atoms with van der Waals surface area (Å²) in [4.78, 5) is 0. The van der Waals surface area contributed by atoms with Gasteiger partial charge in [0, 0.05) is 5.56 Å². The molecule has 0 nitrogen and oxygen atoms in total. The fourth-order valence-corrected chi connectivity index (χ4v) is 1.93. The third-order valence-corrected chi connectivity index (χ3v) is 2.98. The summed E-state index contributed by atoms with van der Waals surface area (Å²) < 4.78 is 93.1. The molecule has 21 heavy (non-hydrogen) atoms. The summed E-state index contributed by atoms with van der Waals surface area (Å²) in [6.45, 7) is 0.788. The van der Waals surface area contributed by atoms with Gasteiger partial charge < -0.3 is 0 Å². The van der Waals surface area contributed by atoms with Crippen LogP contribution in [0.4, 0.5) is 30.7 Å². The van der Waals surface area contributed by atoms with Crippen molar-refractivity contribution in [2.45, 2.75) is 13.1 Å². The average molecular weight is 308 g/mol. The van der Waals surface area contributed by atoms with Crippen LogP contribution >= 0.6 is 0 Å². The molecular formula is C14H7F7. The Kier molecular flexibility index (Phi) is 3.69. The maximum absolute atomic E-state index is 13.8. The molecule has 0 unspecified atom stereocenters. The van der Waals surface area contributed by atoms with Crippen molar-refractivity contribution in [1.29, 1.82) is 0 Å². The topological polar surface area (TPSA) is 0 Å². The molecule has 2 aromatic carbocycles. The van der Waals surface area contributed by atoms with Gasteiger partial charge in [-0.05, 0) is 18.6 Å². The summed E-state index contributed by atoms with van der Waals surface area (Å²) in [6, 6.07) is 3.41. The third-order valence-electron chi connectivity index (χ3n) is 2.98. The Balaban J connectivity index is 2.87. The van der Waals surface area contributed by atoms with Gasteiger partial charge in [0.25, 0.3) is 0 Å². The highest BCUT2D eigenvalue weighted by Gasteiger charge is 2.36. The van der Waals surface area contributed by atoms with Crippen LogP contribution in [0.2, 0.25) is 0 Å². The van der Waals surface area contributed by atoms with Gasteiger partial charge in [-0.25, -0.2) is 17.6 Å². The number of rotatable bonds is 1. The van der Waals surface area contributed by atoms with Crippen molar-refractivity contribution in [3.63, 3.8) is 0 Å². The van der Waals surface area contributed by atoms with Crippen LogP contribution in [0.25, 0.3) is 11.1 Å². The molecule has 0 aliphatic carbocycles. The molecule has 0 heterocycles. The smallest absolute Gasteiger partial charge is 0.203 e. The molecule has 0 N–H and O–H groups in total. The number of benzene rings is 2. The largest absolute Gasteiger partial charge is 0.417 e. The molecule has 0 aliphatic heterocycles. The molecule has 0 aliphatic rings. The lowest BCUT2D eigenvalue weighted by Crippen LogP contribution is -2.10. The zero-order valence-corrected chi connectivity index (χ0v) is 10.5. The second-order valence-electron chi connectivity index (χ2n) is 4.30. The van der Waals surface area contributed by atoms with Crippen molar-refractivity contribution >= 4 is 0 Å². The minimum atomic E-state index is -4.92. The van der Waals surface area contributed by atoms with Crippen LogP contribution in [-0.4, -0.2) is 0 Å². The minimum Gasteiger partial charge on any atom is -0.203 e. The van der Waals surface area contributed by atoms with Gasteiger partial charge >= 0.3 is 6.18 Å². The summed E-state index contributed by atoms with van der Waals surface area (Å²) >= 11 is 0. The second kappa shape index (κ2) is 5.05. The molecule has 0 saturated heterocycles. The van der Waals surface area contributed by atoms with Crippen molar-refractivity contribution in [2.75, 3.05) is 0 Å². The first kappa shape index (κ1) is 15.3. The number of hydrogen-bond donors (Lipinski definition) is 0. The minimum absolute atomic E-state index is 0.573. The van der Waals surface area contributed by atoms with Crippen molar-refractivity contribution in [3.05, 3.63) is 58.7 Å². The lowest BCUT2D eigenvalue weighted by atomic mass is 9.96. The van der Waals surface area contributed by atoms with Crippen molar-refractivity contribution in [1.82, 2.24) is 0 Å². The normalized spacial score (nSPS) is 11.8. The van der Waals surface area contributed by atoms with E-state index in [1.807, 2.05) is 0 Å². The molecule has 112 valence electrons. The van der Waals surface area contributed by atoms with Gasteiger partial charge in [0.15, 0.2) is 23.3 Å². The van der Waals surface area contributed by atoms with Crippen LogP contribution in [0.3, 0.4) is 0 Å². The molecule has 0 amide bonds. The van der Waals surface area contributed by atoms with Gasteiger partial charge in [-0.1, -0.05) is 18.2 Å². The van der Waals surface area contributed by atoms with Gasteiger partial charge in [0.1, 0.15) is 0 Å². The monoisotopic (exact) mass is 308 g/mol. The quantitative estimate of drug-likeness (QED) is 0.499. The van der Waals surface area contributed by atoms with Gasteiger partial charge in [0.05, 0.1) is 11.1 Å². The van der Waals surface area contributed by atoms with E-state index in [0.29, 0.717) is 6.07 Å². The molecule has 0 fully saturated rings. The fraction of sp³-hybridized carbons (Fsp3) is 0.143. The van der Waals surface area contributed by atoms with Gasteiger partial charge in [-0.2, -0.15) is 13.2 Å². The van der Waals surface area contributed by atoms with Crippen LogP contribution in [0.15, 0.2) is 24.3 Å². The Labute approximate surface area is 114 Å². The Morgan fingerprint density at radius 3 is 1.71 bits per heavy atom.